The Bertz CT molecular complexity index is 733. The molecule has 0 atom stereocenters. The number of hydrogen-bond acceptors (Lipinski definition) is 7. The van der Waals surface area contributed by atoms with E-state index in [9.17, 15) is 10.1 Å². The fourth-order valence-electron chi connectivity index (χ4n) is 1.58. The minimum absolute atomic E-state index is 0.103. The maximum absolute atomic E-state index is 10.5. The number of nitrogen functional groups attached to an aromatic ring is 3. The van der Waals surface area contributed by atoms with Gasteiger partial charge < -0.3 is 26.7 Å². The lowest BCUT2D eigenvalue weighted by Crippen LogP contribution is -1.97. The number of anilines is 3. The molecule has 0 saturated carbocycles. The van der Waals surface area contributed by atoms with Crippen molar-refractivity contribution in [1.29, 1.82) is 0 Å². The van der Waals surface area contributed by atoms with Crippen LogP contribution < -0.4 is 26.7 Å². The highest BCUT2D eigenvalue weighted by atomic mass is 79.9. The van der Waals surface area contributed by atoms with E-state index in [0.717, 1.165) is 4.47 Å². The van der Waals surface area contributed by atoms with E-state index in [1.807, 2.05) is 0 Å². The van der Waals surface area contributed by atoms with Crippen LogP contribution in [0, 0.1) is 10.1 Å². The molecule has 130 valence electrons. The van der Waals surface area contributed by atoms with Gasteiger partial charge in [0.15, 0.2) is 0 Å². The van der Waals surface area contributed by atoms with Crippen molar-refractivity contribution in [2.24, 2.45) is 0 Å². The molecule has 0 aliphatic rings. The number of methoxy groups -OCH3 is 2. The predicted octanol–water partition coefficient (Wildman–Crippen LogP) is 3.57. The van der Waals surface area contributed by atoms with E-state index >= 15 is 0 Å². The number of benzene rings is 2. The molecule has 0 aliphatic carbocycles. The topological polar surface area (TPSA) is 140 Å². The van der Waals surface area contributed by atoms with Crippen LogP contribution in [0.4, 0.5) is 22.7 Å². The van der Waals surface area contributed by atoms with Gasteiger partial charge >= 0.3 is 0 Å². The molecule has 2 aromatic carbocycles. The standard InChI is InChI=1S/C7H7BrN2O3.C7H9BrN2O/c1-13-4-2-5(8)7(9)6(3-4)10(11)12;1-11-4-2-5(8)7(10)6(9)3-4/h2-3H,9H2,1H3;2-3H,9-10H2,1H3. The highest BCUT2D eigenvalue weighted by molar-refractivity contribution is 9.11. The fraction of sp³-hybridized carbons (Fsp3) is 0.143. The molecule has 24 heavy (non-hydrogen) atoms. The van der Waals surface area contributed by atoms with Crippen LogP contribution in [-0.4, -0.2) is 19.1 Å². The Morgan fingerprint density at radius 2 is 1.38 bits per heavy atom. The summed E-state index contributed by atoms with van der Waals surface area (Å²) >= 11 is 6.35. The van der Waals surface area contributed by atoms with Crippen molar-refractivity contribution in [1.82, 2.24) is 0 Å². The molecular weight excluding hydrogens is 448 g/mol. The highest BCUT2D eigenvalue weighted by Crippen LogP contribution is 2.34. The summed E-state index contributed by atoms with van der Waals surface area (Å²) in [5.74, 6) is 1.09. The monoisotopic (exact) mass is 462 g/mol. The summed E-state index contributed by atoms with van der Waals surface area (Å²) in [4.78, 5) is 9.94. The molecule has 0 radical (unpaired) electrons. The Balaban J connectivity index is 0.000000243. The first-order chi connectivity index (χ1) is 11.2. The quantitative estimate of drug-likeness (QED) is 0.359. The third-order valence-corrected chi connectivity index (χ3v) is 4.20. The molecule has 0 bridgehead atoms. The Hall–Kier alpha value is -2.20. The molecule has 0 heterocycles. The first kappa shape index (κ1) is 19.8. The molecule has 0 unspecified atom stereocenters. The maximum atomic E-state index is 10.5. The molecule has 6 N–H and O–H groups in total. The molecule has 8 nitrogen and oxygen atoms in total. The number of nitrogens with two attached hydrogens (primary N) is 3. The summed E-state index contributed by atoms with van der Waals surface area (Å²) in [7, 11) is 3.01. The van der Waals surface area contributed by atoms with Crippen LogP contribution in [0.5, 0.6) is 11.5 Å². The van der Waals surface area contributed by atoms with E-state index in [4.69, 9.17) is 26.7 Å². The number of nitro groups is 1. The number of halogens is 2. The molecule has 0 spiro atoms. The normalized spacial score (nSPS) is 9.67. The van der Waals surface area contributed by atoms with Crippen molar-refractivity contribution in [3.8, 4) is 11.5 Å². The highest BCUT2D eigenvalue weighted by Gasteiger charge is 2.15. The number of ether oxygens (including phenoxy) is 2. The van der Waals surface area contributed by atoms with E-state index in [1.54, 1.807) is 25.3 Å². The summed E-state index contributed by atoms with van der Waals surface area (Å²) < 4.78 is 11.0. The summed E-state index contributed by atoms with van der Waals surface area (Å²) in [6, 6.07) is 6.30. The Labute approximate surface area is 155 Å². The van der Waals surface area contributed by atoms with Crippen LogP contribution >= 0.6 is 31.9 Å². The van der Waals surface area contributed by atoms with Gasteiger partial charge in [-0.15, -0.1) is 0 Å². The summed E-state index contributed by atoms with van der Waals surface area (Å²) in [6.07, 6.45) is 0. The molecule has 0 saturated heterocycles. The molecule has 0 amide bonds. The van der Waals surface area contributed by atoms with Crippen molar-refractivity contribution < 1.29 is 14.4 Å². The zero-order valence-corrected chi connectivity index (χ0v) is 16.0. The van der Waals surface area contributed by atoms with Crippen LogP contribution in [0.2, 0.25) is 0 Å². The second-order valence-corrected chi connectivity index (χ2v) is 6.12. The SMILES string of the molecule is COc1cc(Br)c(N)c([N+](=O)[O-])c1.COc1cc(N)c(N)c(Br)c1. The van der Waals surface area contributed by atoms with Gasteiger partial charge in [0.05, 0.1) is 41.1 Å². The van der Waals surface area contributed by atoms with Crippen LogP contribution in [0.25, 0.3) is 0 Å². The second-order valence-electron chi connectivity index (χ2n) is 4.41. The number of rotatable bonds is 3. The molecule has 2 rings (SSSR count). The smallest absolute Gasteiger partial charge is 0.296 e. The van der Waals surface area contributed by atoms with Gasteiger partial charge in [-0.05, 0) is 44.0 Å². The van der Waals surface area contributed by atoms with E-state index in [0.29, 0.717) is 27.3 Å². The third kappa shape index (κ3) is 4.90. The van der Waals surface area contributed by atoms with Crippen LogP contribution in [-0.2, 0) is 0 Å². The van der Waals surface area contributed by atoms with Gasteiger partial charge in [0.1, 0.15) is 17.2 Å². The van der Waals surface area contributed by atoms with Crippen molar-refractivity contribution in [2.45, 2.75) is 0 Å². The summed E-state index contributed by atoms with van der Waals surface area (Å²) in [5.41, 5.74) is 17.6. The van der Waals surface area contributed by atoms with Crippen molar-refractivity contribution in [2.75, 3.05) is 31.4 Å². The van der Waals surface area contributed by atoms with E-state index < -0.39 is 4.92 Å². The van der Waals surface area contributed by atoms with Crippen LogP contribution in [0.1, 0.15) is 0 Å². The van der Waals surface area contributed by atoms with E-state index in [1.165, 1.54) is 13.2 Å². The first-order valence-corrected chi connectivity index (χ1v) is 7.95. The van der Waals surface area contributed by atoms with Crippen LogP contribution in [0.15, 0.2) is 33.2 Å². The van der Waals surface area contributed by atoms with Gasteiger partial charge in [0, 0.05) is 10.5 Å². The summed E-state index contributed by atoms with van der Waals surface area (Å²) in [5, 5.41) is 10.5. The van der Waals surface area contributed by atoms with Gasteiger partial charge in [-0.25, -0.2) is 0 Å². The second kappa shape index (κ2) is 8.60. The minimum atomic E-state index is -0.553. The Morgan fingerprint density at radius 1 is 0.917 bits per heavy atom. The van der Waals surface area contributed by atoms with Gasteiger partial charge in [-0.3, -0.25) is 10.1 Å². The van der Waals surface area contributed by atoms with Gasteiger partial charge in [-0.2, -0.15) is 0 Å². The number of nitro benzene ring substituents is 1. The molecule has 0 aliphatic heterocycles. The molecule has 0 aromatic heterocycles. The zero-order valence-electron chi connectivity index (χ0n) is 12.9. The summed E-state index contributed by atoms with van der Waals surface area (Å²) in [6.45, 7) is 0. The van der Waals surface area contributed by atoms with Gasteiger partial charge in [0.25, 0.3) is 5.69 Å². The first-order valence-electron chi connectivity index (χ1n) is 6.37. The zero-order chi connectivity index (χ0) is 18.4. The average molecular weight is 464 g/mol. The Morgan fingerprint density at radius 3 is 1.79 bits per heavy atom. The minimum Gasteiger partial charge on any atom is -0.497 e. The molecular formula is C14H16Br2N4O4. The fourth-order valence-corrected chi connectivity index (χ4v) is 2.46. The molecule has 10 heteroatoms. The average Bonchev–Trinajstić information content (AvgIpc) is 2.54. The van der Waals surface area contributed by atoms with E-state index in [-0.39, 0.29) is 11.4 Å². The van der Waals surface area contributed by atoms with Crippen LogP contribution in [0.3, 0.4) is 0 Å². The lowest BCUT2D eigenvalue weighted by atomic mass is 10.2. The van der Waals surface area contributed by atoms with E-state index in [2.05, 4.69) is 31.9 Å². The van der Waals surface area contributed by atoms with Crippen molar-refractivity contribution in [3.63, 3.8) is 0 Å². The number of hydrogen-bond donors (Lipinski definition) is 3. The number of nitrogens with zero attached hydrogens (tertiary/aromatic N) is 1. The molecule has 2 aromatic rings. The lowest BCUT2D eigenvalue weighted by molar-refractivity contribution is -0.384. The van der Waals surface area contributed by atoms with Crippen molar-refractivity contribution >= 4 is 54.6 Å². The lowest BCUT2D eigenvalue weighted by Gasteiger charge is -2.05. The predicted molar refractivity (Wildman–Crippen MR) is 101 cm³/mol. The van der Waals surface area contributed by atoms with Gasteiger partial charge in [-0.1, -0.05) is 0 Å². The largest absolute Gasteiger partial charge is 0.497 e. The van der Waals surface area contributed by atoms with Crippen molar-refractivity contribution in [3.05, 3.63) is 43.3 Å². The third-order valence-electron chi connectivity index (χ3n) is 2.88. The maximum Gasteiger partial charge on any atom is 0.296 e. The Kier molecular flexibility index (Phi) is 7.11. The molecule has 0 fully saturated rings. The van der Waals surface area contributed by atoms with Gasteiger partial charge in [0.2, 0.25) is 0 Å².